The van der Waals surface area contributed by atoms with Crippen molar-refractivity contribution in [1.82, 2.24) is 20.3 Å². The maximum Gasteiger partial charge on any atom is 0.273 e. The first-order valence-electron chi connectivity index (χ1n) is 12.5. The Bertz CT molecular complexity index is 1230. The number of nitrogens with zero attached hydrogens (tertiary/aromatic N) is 3. The average molecular weight is 523 g/mol. The fourth-order valence-electron chi connectivity index (χ4n) is 4.14. The molecule has 0 spiro atoms. The fourth-order valence-corrected chi connectivity index (χ4v) is 4.14. The van der Waals surface area contributed by atoms with Crippen molar-refractivity contribution in [1.29, 1.82) is 0 Å². The Labute approximate surface area is 220 Å². The van der Waals surface area contributed by atoms with Crippen molar-refractivity contribution in [3.05, 3.63) is 71.6 Å². The largest absolute Gasteiger partial charge is 0.484 e. The molecule has 2 aliphatic rings. The molecule has 11 nitrogen and oxygen atoms in total. The van der Waals surface area contributed by atoms with Crippen LogP contribution in [-0.4, -0.2) is 79.6 Å². The first-order chi connectivity index (χ1) is 18.6. The van der Waals surface area contributed by atoms with Gasteiger partial charge in [0.05, 0.1) is 19.8 Å². The van der Waals surface area contributed by atoms with Gasteiger partial charge in [0.2, 0.25) is 6.79 Å². The summed E-state index contributed by atoms with van der Waals surface area (Å²) in [5.74, 6) is 1.80. The van der Waals surface area contributed by atoms with Gasteiger partial charge in [0, 0.05) is 38.8 Å². The molecule has 38 heavy (non-hydrogen) atoms. The quantitative estimate of drug-likeness (QED) is 0.404. The normalized spacial score (nSPS) is 14.7. The van der Waals surface area contributed by atoms with E-state index < -0.39 is 0 Å². The Hall–Kier alpha value is -4.09. The molecule has 200 valence electrons. The molecule has 0 bridgehead atoms. The summed E-state index contributed by atoms with van der Waals surface area (Å²) in [4.78, 5) is 29.6. The molecule has 11 heteroatoms. The molecule has 2 aromatic carbocycles. The lowest BCUT2D eigenvalue weighted by molar-refractivity contribution is -0.134. The van der Waals surface area contributed by atoms with E-state index in [0.29, 0.717) is 55.9 Å². The van der Waals surface area contributed by atoms with Crippen molar-refractivity contribution >= 4 is 11.8 Å². The van der Waals surface area contributed by atoms with Gasteiger partial charge < -0.3 is 33.7 Å². The first kappa shape index (κ1) is 25.6. The van der Waals surface area contributed by atoms with Crippen LogP contribution in [0.15, 0.2) is 59.1 Å². The van der Waals surface area contributed by atoms with Crippen molar-refractivity contribution in [3.8, 4) is 17.2 Å². The smallest absolute Gasteiger partial charge is 0.273 e. The minimum absolute atomic E-state index is 0.107. The van der Waals surface area contributed by atoms with Crippen molar-refractivity contribution in [2.45, 2.75) is 13.1 Å². The van der Waals surface area contributed by atoms with Gasteiger partial charge >= 0.3 is 0 Å². The number of amides is 2. The molecule has 0 saturated carbocycles. The Morgan fingerprint density at radius 2 is 1.84 bits per heavy atom. The maximum atomic E-state index is 13.1. The topological polar surface area (TPSA) is 116 Å². The average Bonchev–Trinajstić information content (AvgIpc) is 3.63. The van der Waals surface area contributed by atoms with Gasteiger partial charge in [0.15, 0.2) is 29.6 Å². The standard InChI is InChI=1S/C27H30N4O7/c32-26(18-35-21-4-2-1-3-5-21)31(9-8-30-10-12-34-13-11-30)17-22-15-23(29-38-22)27(33)28-16-20-6-7-24-25(14-20)37-19-36-24/h1-7,14-15H,8-13,16-19H2,(H,28,33). The van der Waals surface area contributed by atoms with E-state index in [2.05, 4.69) is 15.4 Å². The minimum atomic E-state index is -0.378. The summed E-state index contributed by atoms with van der Waals surface area (Å²) in [5.41, 5.74) is 1.01. The van der Waals surface area contributed by atoms with E-state index in [1.54, 1.807) is 23.1 Å². The molecule has 3 heterocycles. The van der Waals surface area contributed by atoms with Crippen LogP contribution in [0.1, 0.15) is 21.8 Å². The Kier molecular flexibility index (Phi) is 8.36. The zero-order chi connectivity index (χ0) is 26.2. The molecule has 0 radical (unpaired) electrons. The summed E-state index contributed by atoms with van der Waals surface area (Å²) in [6, 6.07) is 16.2. The van der Waals surface area contributed by atoms with Crippen LogP contribution in [0.3, 0.4) is 0 Å². The van der Waals surface area contributed by atoms with Crippen LogP contribution in [0, 0.1) is 0 Å². The SMILES string of the molecule is O=C(NCc1ccc2c(c1)OCO2)c1cc(CN(CCN2CCOCC2)C(=O)COc2ccccc2)on1. The van der Waals surface area contributed by atoms with Gasteiger partial charge in [-0.1, -0.05) is 29.4 Å². The molecule has 3 aromatic rings. The van der Waals surface area contributed by atoms with Crippen LogP contribution < -0.4 is 19.5 Å². The van der Waals surface area contributed by atoms with Crippen LogP contribution in [-0.2, 0) is 22.6 Å². The molecule has 0 unspecified atom stereocenters. The van der Waals surface area contributed by atoms with E-state index in [-0.39, 0.29) is 37.5 Å². The second-order valence-corrected chi connectivity index (χ2v) is 8.92. The number of para-hydroxylation sites is 1. The number of hydrogen-bond acceptors (Lipinski definition) is 9. The van der Waals surface area contributed by atoms with Crippen molar-refractivity contribution in [2.75, 3.05) is 52.8 Å². The zero-order valence-electron chi connectivity index (χ0n) is 21.0. The van der Waals surface area contributed by atoms with Crippen LogP contribution in [0.4, 0.5) is 0 Å². The van der Waals surface area contributed by atoms with Gasteiger partial charge in [-0.05, 0) is 29.8 Å². The lowest BCUT2D eigenvalue weighted by Crippen LogP contribution is -2.44. The van der Waals surface area contributed by atoms with Crippen LogP contribution >= 0.6 is 0 Å². The summed E-state index contributed by atoms with van der Waals surface area (Å²) >= 11 is 0. The number of carbonyl (C=O) groups excluding carboxylic acids is 2. The molecule has 1 aromatic heterocycles. The Morgan fingerprint density at radius 3 is 2.68 bits per heavy atom. The summed E-state index contributed by atoms with van der Waals surface area (Å²) in [6.07, 6.45) is 0. The van der Waals surface area contributed by atoms with Crippen LogP contribution in [0.25, 0.3) is 0 Å². The third-order valence-corrected chi connectivity index (χ3v) is 6.28. The number of fused-ring (bicyclic) bond motifs is 1. The second-order valence-electron chi connectivity index (χ2n) is 8.92. The molecule has 1 saturated heterocycles. The van der Waals surface area contributed by atoms with E-state index in [1.165, 1.54) is 0 Å². The van der Waals surface area contributed by atoms with E-state index in [4.69, 9.17) is 23.5 Å². The highest BCUT2D eigenvalue weighted by molar-refractivity contribution is 5.92. The number of rotatable bonds is 11. The monoisotopic (exact) mass is 522 g/mol. The zero-order valence-corrected chi connectivity index (χ0v) is 21.0. The van der Waals surface area contributed by atoms with Crippen LogP contribution in [0.2, 0.25) is 0 Å². The molecular weight excluding hydrogens is 492 g/mol. The van der Waals surface area contributed by atoms with Crippen molar-refractivity contribution in [3.63, 3.8) is 0 Å². The highest BCUT2D eigenvalue weighted by atomic mass is 16.7. The number of hydrogen-bond donors (Lipinski definition) is 1. The predicted octanol–water partition coefficient (Wildman–Crippen LogP) is 2.07. The fraction of sp³-hybridized carbons (Fsp3) is 0.370. The summed E-state index contributed by atoms with van der Waals surface area (Å²) in [5, 5.41) is 6.74. The highest BCUT2D eigenvalue weighted by Gasteiger charge is 2.21. The van der Waals surface area contributed by atoms with Gasteiger partial charge in [-0.2, -0.15) is 0 Å². The molecule has 0 atom stereocenters. The van der Waals surface area contributed by atoms with Gasteiger partial charge in [-0.25, -0.2) is 0 Å². The Morgan fingerprint density at radius 1 is 1.03 bits per heavy atom. The summed E-state index contributed by atoms with van der Waals surface area (Å²) in [7, 11) is 0. The minimum Gasteiger partial charge on any atom is -0.484 e. The molecule has 2 amide bonds. The molecule has 2 aliphatic heterocycles. The van der Waals surface area contributed by atoms with Gasteiger partial charge in [0.1, 0.15) is 5.75 Å². The number of benzene rings is 2. The number of aromatic nitrogens is 1. The van der Waals surface area contributed by atoms with Crippen LogP contribution in [0.5, 0.6) is 17.2 Å². The van der Waals surface area contributed by atoms with E-state index in [1.807, 2.05) is 36.4 Å². The molecule has 1 N–H and O–H groups in total. The van der Waals surface area contributed by atoms with Gasteiger partial charge in [0.25, 0.3) is 11.8 Å². The first-order valence-corrected chi connectivity index (χ1v) is 12.5. The van der Waals surface area contributed by atoms with Gasteiger partial charge in [-0.15, -0.1) is 0 Å². The summed E-state index contributed by atoms with van der Waals surface area (Å²) < 4.78 is 27.2. The highest BCUT2D eigenvalue weighted by Crippen LogP contribution is 2.32. The third kappa shape index (κ3) is 6.81. The third-order valence-electron chi connectivity index (χ3n) is 6.28. The summed E-state index contributed by atoms with van der Waals surface area (Å²) in [6.45, 7) is 4.71. The molecule has 5 rings (SSSR count). The second kappa shape index (κ2) is 12.4. The van der Waals surface area contributed by atoms with E-state index in [0.717, 1.165) is 18.7 Å². The number of nitrogens with one attached hydrogen (secondary N) is 1. The molecule has 0 aliphatic carbocycles. The van der Waals surface area contributed by atoms with E-state index >= 15 is 0 Å². The van der Waals surface area contributed by atoms with Gasteiger partial charge in [-0.3, -0.25) is 14.5 Å². The van der Waals surface area contributed by atoms with E-state index in [9.17, 15) is 9.59 Å². The lowest BCUT2D eigenvalue weighted by Gasteiger charge is -2.29. The van der Waals surface area contributed by atoms with Crippen molar-refractivity contribution < 1.29 is 33.1 Å². The number of carbonyl (C=O) groups is 2. The molecular formula is C27H30N4O7. The number of morpholine rings is 1. The number of ether oxygens (including phenoxy) is 4. The lowest BCUT2D eigenvalue weighted by atomic mass is 10.2. The predicted molar refractivity (Wildman–Crippen MR) is 135 cm³/mol. The molecule has 1 fully saturated rings. The Balaban J connectivity index is 1.18. The maximum absolute atomic E-state index is 13.1. The van der Waals surface area contributed by atoms with Crippen molar-refractivity contribution in [2.24, 2.45) is 0 Å².